The molecule has 2 heterocycles. The van der Waals surface area contributed by atoms with Crippen LogP contribution in [0.1, 0.15) is 33.8 Å². The van der Waals surface area contributed by atoms with Crippen LogP contribution in [0.3, 0.4) is 0 Å². The van der Waals surface area contributed by atoms with Gasteiger partial charge in [-0.25, -0.2) is 4.39 Å². The van der Waals surface area contributed by atoms with Crippen molar-refractivity contribution < 1.29 is 9.18 Å². The van der Waals surface area contributed by atoms with Gasteiger partial charge in [0.15, 0.2) is 0 Å². The Bertz CT molecular complexity index is 778. The van der Waals surface area contributed by atoms with Crippen molar-refractivity contribution in [1.29, 1.82) is 0 Å². The van der Waals surface area contributed by atoms with Crippen LogP contribution in [0.15, 0.2) is 48.5 Å². The first-order valence-electron chi connectivity index (χ1n) is 9.76. The van der Waals surface area contributed by atoms with Crippen molar-refractivity contribution in [3.05, 3.63) is 71.0 Å². The van der Waals surface area contributed by atoms with Gasteiger partial charge < -0.3 is 10.2 Å². The molecule has 5 heteroatoms. The highest BCUT2D eigenvalue weighted by Gasteiger charge is 2.23. The molecule has 0 radical (unpaired) electrons. The Morgan fingerprint density at radius 1 is 1.07 bits per heavy atom. The minimum absolute atomic E-state index is 0.108. The number of amides is 1. The third kappa shape index (κ3) is 4.37. The average Bonchev–Trinajstić information content (AvgIpc) is 3.23. The van der Waals surface area contributed by atoms with Crippen LogP contribution in [0.2, 0.25) is 0 Å². The monoisotopic (exact) mass is 367 g/mol. The van der Waals surface area contributed by atoms with Crippen LogP contribution >= 0.6 is 0 Å². The van der Waals surface area contributed by atoms with E-state index in [-0.39, 0.29) is 11.7 Å². The van der Waals surface area contributed by atoms with Gasteiger partial charge in [0.1, 0.15) is 5.82 Å². The molecule has 2 aliphatic heterocycles. The van der Waals surface area contributed by atoms with E-state index in [0.29, 0.717) is 19.0 Å². The lowest BCUT2D eigenvalue weighted by atomic mass is 9.97. The van der Waals surface area contributed by atoms with E-state index >= 15 is 0 Å². The number of hydrogen-bond donors (Lipinski definition) is 1. The maximum atomic E-state index is 13.3. The summed E-state index contributed by atoms with van der Waals surface area (Å²) >= 11 is 0. The number of rotatable bonds is 4. The molecule has 2 aliphatic rings. The normalized spacial score (nSPS) is 20.8. The first-order chi connectivity index (χ1) is 13.2. The van der Waals surface area contributed by atoms with Gasteiger partial charge in [-0.1, -0.05) is 24.3 Å². The van der Waals surface area contributed by atoms with Gasteiger partial charge in [0, 0.05) is 44.8 Å². The first-order valence-corrected chi connectivity index (χ1v) is 9.76. The quantitative estimate of drug-likeness (QED) is 0.903. The van der Waals surface area contributed by atoms with E-state index in [2.05, 4.69) is 22.3 Å². The number of carbonyl (C=O) groups is 1. The summed E-state index contributed by atoms with van der Waals surface area (Å²) in [5, 5.41) is 3.38. The predicted molar refractivity (Wildman–Crippen MR) is 104 cm³/mol. The third-order valence-electron chi connectivity index (χ3n) is 5.64. The molecule has 0 saturated carbocycles. The smallest absolute Gasteiger partial charge is 0.253 e. The summed E-state index contributed by atoms with van der Waals surface area (Å²) in [5.41, 5.74) is 3.06. The molecular weight excluding hydrogens is 341 g/mol. The molecule has 4 rings (SSSR count). The van der Waals surface area contributed by atoms with Crippen molar-refractivity contribution >= 4 is 5.91 Å². The van der Waals surface area contributed by atoms with Crippen LogP contribution < -0.4 is 5.32 Å². The van der Waals surface area contributed by atoms with Crippen molar-refractivity contribution in [3.63, 3.8) is 0 Å². The Hall–Kier alpha value is -2.24. The van der Waals surface area contributed by atoms with Crippen LogP contribution in [-0.4, -0.2) is 55.0 Å². The Labute approximate surface area is 160 Å². The Morgan fingerprint density at radius 3 is 2.52 bits per heavy atom. The molecule has 1 amide bonds. The number of nitrogens with zero attached hydrogens (tertiary/aromatic N) is 2. The summed E-state index contributed by atoms with van der Waals surface area (Å²) in [7, 11) is 0. The Balaban J connectivity index is 1.31. The lowest BCUT2D eigenvalue weighted by Crippen LogP contribution is -2.48. The van der Waals surface area contributed by atoms with Gasteiger partial charge in [-0.05, 0) is 54.3 Å². The summed E-state index contributed by atoms with van der Waals surface area (Å²) in [6, 6.07) is 14.9. The highest BCUT2D eigenvalue weighted by Crippen LogP contribution is 2.23. The average molecular weight is 367 g/mol. The largest absolute Gasteiger partial charge is 0.336 e. The zero-order valence-electron chi connectivity index (χ0n) is 15.5. The summed E-state index contributed by atoms with van der Waals surface area (Å²) in [4.78, 5) is 17.0. The molecule has 4 nitrogen and oxygen atoms in total. The first kappa shape index (κ1) is 18.1. The number of halogens is 1. The Kier molecular flexibility index (Phi) is 5.50. The predicted octanol–water partition coefficient (Wildman–Crippen LogP) is 2.86. The van der Waals surface area contributed by atoms with Gasteiger partial charge >= 0.3 is 0 Å². The van der Waals surface area contributed by atoms with Crippen molar-refractivity contribution in [2.24, 2.45) is 0 Å². The lowest BCUT2D eigenvalue weighted by molar-refractivity contribution is 0.0628. The highest BCUT2D eigenvalue weighted by molar-refractivity contribution is 5.94. The van der Waals surface area contributed by atoms with Crippen LogP contribution in [-0.2, 0) is 6.54 Å². The van der Waals surface area contributed by atoms with Crippen LogP contribution in [0.5, 0.6) is 0 Å². The molecule has 142 valence electrons. The van der Waals surface area contributed by atoms with E-state index in [1.165, 1.54) is 18.1 Å². The molecule has 2 aromatic rings. The summed E-state index contributed by atoms with van der Waals surface area (Å²) in [6.07, 6.45) is 1.17. The number of piperazine rings is 1. The van der Waals surface area contributed by atoms with E-state index in [1.54, 1.807) is 12.1 Å². The molecule has 0 bridgehead atoms. The fourth-order valence-electron chi connectivity index (χ4n) is 4.02. The van der Waals surface area contributed by atoms with Crippen LogP contribution in [0, 0.1) is 5.82 Å². The van der Waals surface area contributed by atoms with E-state index in [0.717, 1.165) is 43.9 Å². The van der Waals surface area contributed by atoms with Gasteiger partial charge in [0.05, 0.1) is 0 Å². The Morgan fingerprint density at radius 2 is 1.85 bits per heavy atom. The van der Waals surface area contributed by atoms with Gasteiger partial charge in [-0.2, -0.15) is 0 Å². The SMILES string of the molecule is O=C(c1ccc([C@@H]2CCNC2)cc1)N1CCN(Cc2cccc(F)c2)CC1. The zero-order valence-corrected chi connectivity index (χ0v) is 15.5. The van der Waals surface area contributed by atoms with E-state index < -0.39 is 0 Å². The third-order valence-corrected chi connectivity index (χ3v) is 5.64. The fourth-order valence-corrected chi connectivity index (χ4v) is 4.02. The van der Waals surface area contributed by atoms with Crippen molar-refractivity contribution in [2.45, 2.75) is 18.9 Å². The topological polar surface area (TPSA) is 35.6 Å². The molecule has 0 spiro atoms. The van der Waals surface area contributed by atoms with E-state index in [4.69, 9.17) is 0 Å². The molecule has 1 N–H and O–H groups in total. The minimum Gasteiger partial charge on any atom is -0.336 e. The maximum absolute atomic E-state index is 13.3. The summed E-state index contributed by atoms with van der Waals surface area (Å²) < 4.78 is 13.3. The van der Waals surface area contributed by atoms with Crippen LogP contribution in [0.4, 0.5) is 4.39 Å². The molecule has 0 aliphatic carbocycles. The zero-order chi connectivity index (χ0) is 18.6. The minimum atomic E-state index is -0.196. The molecule has 2 fully saturated rings. The molecular formula is C22H26FN3O. The second kappa shape index (κ2) is 8.19. The van der Waals surface area contributed by atoms with Gasteiger partial charge in [0.25, 0.3) is 5.91 Å². The van der Waals surface area contributed by atoms with Gasteiger partial charge in [-0.3, -0.25) is 9.69 Å². The molecule has 1 atom stereocenters. The standard InChI is InChI=1S/C22H26FN3O/c23-21-3-1-2-17(14-21)16-25-10-12-26(13-11-25)22(27)19-6-4-18(5-7-19)20-8-9-24-15-20/h1-7,14,20,24H,8-13,15-16H2/t20-/m1/s1. The van der Waals surface area contributed by atoms with Crippen molar-refractivity contribution in [1.82, 2.24) is 15.1 Å². The lowest BCUT2D eigenvalue weighted by Gasteiger charge is -2.34. The summed E-state index contributed by atoms with van der Waals surface area (Å²) in [5.74, 6) is 0.482. The summed E-state index contributed by atoms with van der Waals surface area (Å²) in [6.45, 7) is 5.88. The second-order valence-corrected chi connectivity index (χ2v) is 7.51. The highest BCUT2D eigenvalue weighted by atomic mass is 19.1. The maximum Gasteiger partial charge on any atom is 0.253 e. The number of hydrogen-bond acceptors (Lipinski definition) is 3. The van der Waals surface area contributed by atoms with Gasteiger partial charge in [0.2, 0.25) is 0 Å². The molecule has 0 aromatic heterocycles. The molecule has 2 saturated heterocycles. The molecule has 2 aromatic carbocycles. The molecule has 27 heavy (non-hydrogen) atoms. The number of benzene rings is 2. The number of carbonyl (C=O) groups excluding carboxylic acids is 1. The van der Waals surface area contributed by atoms with Crippen molar-refractivity contribution in [3.8, 4) is 0 Å². The molecule has 0 unspecified atom stereocenters. The fraction of sp³-hybridized carbons (Fsp3) is 0.409. The van der Waals surface area contributed by atoms with E-state index in [1.807, 2.05) is 23.1 Å². The van der Waals surface area contributed by atoms with Crippen molar-refractivity contribution in [2.75, 3.05) is 39.3 Å². The van der Waals surface area contributed by atoms with Gasteiger partial charge in [-0.15, -0.1) is 0 Å². The van der Waals surface area contributed by atoms with E-state index in [9.17, 15) is 9.18 Å². The number of nitrogens with one attached hydrogen (secondary N) is 1. The second-order valence-electron chi connectivity index (χ2n) is 7.51. The van der Waals surface area contributed by atoms with Crippen LogP contribution in [0.25, 0.3) is 0 Å².